The Morgan fingerprint density at radius 2 is 1.84 bits per heavy atom. The SMILES string of the molecule is CCOC(Cc1ccc(OCCc2nc(-c3ccccc3)oc2C)c(C)c1C)C(=O)O. The van der Waals surface area contributed by atoms with Crippen LogP contribution >= 0.6 is 0 Å². The molecule has 3 rings (SSSR count). The number of oxazole rings is 1. The third-order valence-electron chi connectivity index (χ3n) is 5.41. The minimum atomic E-state index is -0.947. The Morgan fingerprint density at radius 3 is 2.52 bits per heavy atom. The Morgan fingerprint density at radius 1 is 1.10 bits per heavy atom. The first-order chi connectivity index (χ1) is 14.9. The van der Waals surface area contributed by atoms with Crippen LogP contribution in [0.2, 0.25) is 0 Å². The molecule has 6 heteroatoms. The van der Waals surface area contributed by atoms with Crippen molar-refractivity contribution in [1.29, 1.82) is 0 Å². The van der Waals surface area contributed by atoms with Crippen LogP contribution in [0.25, 0.3) is 11.5 Å². The fourth-order valence-electron chi connectivity index (χ4n) is 3.47. The van der Waals surface area contributed by atoms with Crippen molar-refractivity contribution in [3.8, 4) is 17.2 Å². The van der Waals surface area contributed by atoms with Crippen molar-refractivity contribution in [2.75, 3.05) is 13.2 Å². The second kappa shape index (κ2) is 10.3. The average molecular weight is 424 g/mol. The standard InChI is InChI=1S/C25H29NO5/c1-5-29-23(25(27)28)15-20-11-12-22(17(3)16(20)2)30-14-13-21-18(4)31-24(26-21)19-9-7-6-8-10-19/h6-12,23H,5,13-15H2,1-4H3,(H,27,28). The fraction of sp³-hybridized carbons (Fsp3) is 0.360. The summed E-state index contributed by atoms with van der Waals surface area (Å²) in [5, 5.41) is 9.34. The summed E-state index contributed by atoms with van der Waals surface area (Å²) in [7, 11) is 0. The molecule has 0 aliphatic heterocycles. The maximum absolute atomic E-state index is 11.4. The van der Waals surface area contributed by atoms with Crippen LogP contribution in [-0.4, -0.2) is 35.4 Å². The van der Waals surface area contributed by atoms with Gasteiger partial charge in [0.1, 0.15) is 11.5 Å². The van der Waals surface area contributed by atoms with E-state index in [1.807, 2.05) is 63.2 Å². The highest BCUT2D eigenvalue weighted by molar-refractivity contribution is 5.73. The van der Waals surface area contributed by atoms with Crippen molar-refractivity contribution in [1.82, 2.24) is 4.98 Å². The molecule has 0 saturated carbocycles. The highest BCUT2D eigenvalue weighted by atomic mass is 16.5. The number of carboxylic acid groups (broad SMARTS) is 1. The summed E-state index contributed by atoms with van der Waals surface area (Å²) >= 11 is 0. The van der Waals surface area contributed by atoms with E-state index in [-0.39, 0.29) is 0 Å². The summed E-state index contributed by atoms with van der Waals surface area (Å²) < 4.78 is 17.2. The van der Waals surface area contributed by atoms with Crippen LogP contribution < -0.4 is 4.74 Å². The molecule has 0 aliphatic carbocycles. The van der Waals surface area contributed by atoms with E-state index in [9.17, 15) is 9.90 Å². The Hall–Kier alpha value is -3.12. The Bertz CT molecular complexity index is 1030. The van der Waals surface area contributed by atoms with Gasteiger partial charge in [-0.25, -0.2) is 9.78 Å². The predicted octanol–water partition coefficient (Wildman–Crippen LogP) is 4.92. The van der Waals surface area contributed by atoms with Gasteiger partial charge >= 0.3 is 5.97 Å². The van der Waals surface area contributed by atoms with Crippen LogP contribution in [0.3, 0.4) is 0 Å². The van der Waals surface area contributed by atoms with Crippen molar-refractivity contribution < 1.29 is 23.8 Å². The van der Waals surface area contributed by atoms with E-state index in [2.05, 4.69) is 4.98 Å². The zero-order valence-electron chi connectivity index (χ0n) is 18.5. The number of carbonyl (C=O) groups is 1. The zero-order valence-corrected chi connectivity index (χ0v) is 18.5. The van der Waals surface area contributed by atoms with Crippen molar-refractivity contribution in [2.45, 2.75) is 46.6 Å². The molecule has 0 spiro atoms. The van der Waals surface area contributed by atoms with Gasteiger partial charge in [0.25, 0.3) is 0 Å². The molecule has 1 unspecified atom stereocenters. The molecule has 0 fully saturated rings. The smallest absolute Gasteiger partial charge is 0.333 e. The van der Waals surface area contributed by atoms with Crippen LogP contribution in [0.4, 0.5) is 0 Å². The van der Waals surface area contributed by atoms with Crippen molar-refractivity contribution in [3.05, 3.63) is 70.6 Å². The first-order valence-corrected chi connectivity index (χ1v) is 10.5. The quantitative estimate of drug-likeness (QED) is 0.498. The minimum absolute atomic E-state index is 0.330. The molecule has 1 aromatic heterocycles. The van der Waals surface area contributed by atoms with Gasteiger partial charge in [-0.3, -0.25) is 0 Å². The van der Waals surface area contributed by atoms with E-state index in [0.717, 1.165) is 39.5 Å². The van der Waals surface area contributed by atoms with E-state index in [1.54, 1.807) is 6.92 Å². The molecule has 0 aliphatic rings. The summed E-state index contributed by atoms with van der Waals surface area (Å²) in [5.41, 5.74) is 4.80. The van der Waals surface area contributed by atoms with Crippen LogP contribution in [0, 0.1) is 20.8 Å². The predicted molar refractivity (Wildman–Crippen MR) is 119 cm³/mol. The highest BCUT2D eigenvalue weighted by Crippen LogP contribution is 2.26. The van der Waals surface area contributed by atoms with Crippen LogP contribution in [0.15, 0.2) is 46.9 Å². The van der Waals surface area contributed by atoms with Gasteiger partial charge in [0, 0.05) is 25.0 Å². The van der Waals surface area contributed by atoms with Gasteiger partial charge in [-0.2, -0.15) is 0 Å². The normalized spacial score (nSPS) is 12.0. The Kier molecular flexibility index (Phi) is 7.47. The number of aryl methyl sites for hydroxylation is 1. The minimum Gasteiger partial charge on any atom is -0.493 e. The molecule has 0 saturated heterocycles. The molecule has 0 bridgehead atoms. The third kappa shape index (κ3) is 5.52. The Labute approximate surface area is 182 Å². The van der Waals surface area contributed by atoms with E-state index < -0.39 is 12.1 Å². The van der Waals surface area contributed by atoms with Gasteiger partial charge in [-0.15, -0.1) is 0 Å². The third-order valence-corrected chi connectivity index (χ3v) is 5.41. The molecule has 2 aromatic carbocycles. The fourth-order valence-corrected chi connectivity index (χ4v) is 3.47. The lowest BCUT2D eigenvalue weighted by Gasteiger charge is -2.17. The number of aliphatic carboxylic acids is 1. The first kappa shape index (κ1) is 22.6. The van der Waals surface area contributed by atoms with Crippen LogP contribution in [0.1, 0.15) is 35.1 Å². The number of benzene rings is 2. The van der Waals surface area contributed by atoms with Crippen molar-refractivity contribution in [2.24, 2.45) is 0 Å². The highest BCUT2D eigenvalue weighted by Gasteiger charge is 2.20. The summed E-state index contributed by atoms with van der Waals surface area (Å²) in [6.45, 7) is 8.51. The van der Waals surface area contributed by atoms with Gasteiger partial charge < -0.3 is 19.0 Å². The average Bonchev–Trinajstić information content (AvgIpc) is 3.13. The van der Waals surface area contributed by atoms with E-state index in [4.69, 9.17) is 13.9 Å². The van der Waals surface area contributed by atoms with E-state index >= 15 is 0 Å². The molecule has 0 radical (unpaired) electrons. The van der Waals surface area contributed by atoms with Gasteiger partial charge in [-0.05, 0) is 62.6 Å². The van der Waals surface area contributed by atoms with Gasteiger partial charge in [0.2, 0.25) is 5.89 Å². The Balaban J connectivity index is 1.64. The molecule has 31 heavy (non-hydrogen) atoms. The number of rotatable bonds is 10. The van der Waals surface area contributed by atoms with Gasteiger partial charge in [0.05, 0.1) is 12.3 Å². The van der Waals surface area contributed by atoms with Crippen molar-refractivity contribution in [3.63, 3.8) is 0 Å². The second-order valence-corrected chi connectivity index (χ2v) is 7.45. The van der Waals surface area contributed by atoms with Crippen LogP contribution in [0.5, 0.6) is 5.75 Å². The molecular formula is C25H29NO5. The number of hydrogen-bond acceptors (Lipinski definition) is 5. The monoisotopic (exact) mass is 423 g/mol. The maximum atomic E-state index is 11.4. The van der Waals surface area contributed by atoms with Gasteiger partial charge in [0.15, 0.2) is 6.10 Å². The summed E-state index contributed by atoms with van der Waals surface area (Å²) in [6, 6.07) is 13.6. The first-order valence-electron chi connectivity index (χ1n) is 10.5. The molecule has 1 atom stereocenters. The number of nitrogens with zero attached hydrogens (tertiary/aromatic N) is 1. The largest absolute Gasteiger partial charge is 0.493 e. The topological polar surface area (TPSA) is 81.8 Å². The van der Waals surface area contributed by atoms with Crippen LogP contribution in [-0.2, 0) is 22.4 Å². The number of aromatic nitrogens is 1. The summed E-state index contributed by atoms with van der Waals surface area (Å²) in [5.74, 6) is 1.25. The maximum Gasteiger partial charge on any atom is 0.333 e. The summed E-state index contributed by atoms with van der Waals surface area (Å²) in [6.07, 6.45) is 0.119. The van der Waals surface area contributed by atoms with E-state index in [1.165, 1.54) is 0 Å². The number of carboxylic acids is 1. The molecule has 1 N–H and O–H groups in total. The molecule has 6 nitrogen and oxygen atoms in total. The van der Waals surface area contributed by atoms with Crippen molar-refractivity contribution >= 4 is 5.97 Å². The number of hydrogen-bond donors (Lipinski definition) is 1. The second-order valence-electron chi connectivity index (χ2n) is 7.45. The summed E-state index contributed by atoms with van der Waals surface area (Å²) in [4.78, 5) is 16.0. The lowest BCUT2D eigenvalue weighted by molar-refractivity contribution is -0.149. The molecule has 0 amide bonds. The van der Waals surface area contributed by atoms with Gasteiger partial charge in [-0.1, -0.05) is 24.3 Å². The molecule has 1 heterocycles. The number of ether oxygens (including phenoxy) is 2. The lowest BCUT2D eigenvalue weighted by atomic mass is 9.97. The zero-order chi connectivity index (χ0) is 22.4. The molecule has 164 valence electrons. The molecule has 3 aromatic rings. The van der Waals surface area contributed by atoms with E-state index in [0.29, 0.717) is 31.9 Å². The molecular weight excluding hydrogens is 394 g/mol. The lowest BCUT2D eigenvalue weighted by Crippen LogP contribution is -2.26.